The van der Waals surface area contributed by atoms with Crippen LogP contribution in [0.3, 0.4) is 0 Å². The van der Waals surface area contributed by atoms with Crippen molar-refractivity contribution in [1.29, 1.82) is 0 Å². The summed E-state index contributed by atoms with van der Waals surface area (Å²) in [4.78, 5) is 15.7. The highest BCUT2D eigenvalue weighted by Crippen LogP contribution is 2.12. The van der Waals surface area contributed by atoms with Gasteiger partial charge in [0.25, 0.3) is 0 Å². The van der Waals surface area contributed by atoms with Crippen LogP contribution in [0, 0.1) is 6.92 Å². The third-order valence-corrected chi connectivity index (χ3v) is 2.98. The predicted molar refractivity (Wildman–Crippen MR) is 65.6 cm³/mol. The quantitative estimate of drug-likeness (QED) is 0.884. The van der Waals surface area contributed by atoms with Crippen molar-refractivity contribution in [3.63, 3.8) is 0 Å². The van der Waals surface area contributed by atoms with Crippen LogP contribution in [0.4, 0.5) is 5.13 Å². The molecule has 1 amide bonds. The van der Waals surface area contributed by atoms with Crippen molar-refractivity contribution in [2.75, 3.05) is 5.32 Å². The second-order valence-electron chi connectivity index (χ2n) is 3.49. The standard InChI is InChI=1S/C12H12N2OS/c1-9-4-2-3-5-10(9)8-11(15)14-12-13-6-7-16-12/h2-7H,8H2,1H3,(H,13,14,15). The third kappa shape index (κ3) is 2.67. The molecule has 0 saturated heterocycles. The van der Waals surface area contributed by atoms with E-state index in [1.165, 1.54) is 11.3 Å². The minimum absolute atomic E-state index is 0.0238. The zero-order valence-electron chi connectivity index (χ0n) is 8.93. The molecule has 0 fully saturated rings. The number of nitrogens with zero attached hydrogens (tertiary/aromatic N) is 1. The van der Waals surface area contributed by atoms with Gasteiger partial charge in [-0.15, -0.1) is 11.3 Å². The zero-order chi connectivity index (χ0) is 11.4. The average molecular weight is 232 g/mol. The molecule has 1 aromatic heterocycles. The molecular formula is C12H12N2OS. The van der Waals surface area contributed by atoms with E-state index in [0.29, 0.717) is 11.6 Å². The fourth-order valence-electron chi connectivity index (χ4n) is 1.43. The Kier molecular flexibility index (Phi) is 3.31. The normalized spacial score (nSPS) is 10.1. The summed E-state index contributed by atoms with van der Waals surface area (Å²) in [5.74, 6) is -0.0238. The maximum absolute atomic E-state index is 11.7. The summed E-state index contributed by atoms with van der Waals surface area (Å²) >= 11 is 1.42. The van der Waals surface area contributed by atoms with Gasteiger partial charge in [0.15, 0.2) is 5.13 Å². The number of nitrogens with one attached hydrogen (secondary N) is 1. The molecule has 1 aromatic carbocycles. The number of benzene rings is 1. The Morgan fingerprint density at radius 2 is 2.25 bits per heavy atom. The molecule has 1 heterocycles. The number of aryl methyl sites for hydroxylation is 1. The van der Waals surface area contributed by atoms with Gasteiger partial charge in [-0.05, 0) is 18.1 Å². The summed E-state index contributed by atoms with van der Waals surface area (Å²) in [7, 11) is 0. The summed E-state index contributed by atoms with van der Waals surface area (Å²) < 4.78 is 0. The van der Waals surface area contributed by atoms with Gasteiger partial charge in [-0.2, -0.15) is 0 Å². The Balaban J connectivity index is 2.00. The second kappa shape index (κ2) is 4.90. The van der Waals surface area contributed by atoms with Gasteiger partial charge in [0.1, 0.15) is 0 Å². The fourth-order valence-corrected chi connectivity index (χ4v) is 1.98. The van der Waals surface area contributed by atoms with E-state index in [0.717, 1.165) is 11.1 Å². The largest absolute Gasteiger partial charge is 0.302 e. The zero-order valence-corrected chi connectivity index (χ0v) is 9.75. The third-order valence-electron chi connectivity index (χ3n) is 2.29. The highest BCUT2D eigenvalue weighted by Gasteiger charge is 2.06. The molecule has 16 heavy (non-hydrogen) atoms. The fraction of sp³-hybridized carbons (Fsp3) is 0.167. The molecule has 3 nitrogen and oxygen atoms in total. The lowest BCUT2D eigenvalue weighted by molar-refractivity contribution is -0.115. The van der Waals surface area contributed by atoms with Gasteiger partial charge in [-0.25, -0.2) is 4.98 Å². The monoisotopic (exact) mass is 232 g/mol. The molecule has 0 bridgehead atoms. The SMILES string of the molecule is Cc1ccccc1CC(=O)Nc1nccs1. The molecule has 0 aliphatic rings. The van der Waals surface area contributed by atoms with Crippen molar-refractivity contribution in [3.8, 4) is 0 Å². The molecular weight excluding hydrogens is 220 g/mol. The number of rotatable bonds is 3. The Bertz CT molecular complexity index is 480. The lowest BCUT2D eigenvalue weighted by Gasteiger charge is -2.04. The first-order valence-corrected chi connectivity index (χ1v) is 5.87. The number of anilines is 1. The molecule has 2 aromatic rings. The summed E-state index contributed by atoms with van der Waals surface area (Å²) in [5.41, 5.74) is 2.19. The van der Waals surface area contributed by atoms with Gasteiger partial charge < -0.3 is 5.32 Å². The molecule has 0 aliphatic carbocycles. The lowest BCUT2D eigenvalue weighted by atomic mass is 10.1. The molecule has 2 rings (SSSR count). The molecule has 1 N–H and O–H groups in total. The van der Waals surface area contributed by atoms with Crippen LogP contribution >= 0.6 is 11.3 Å². The first-order valence-electron chi connectivity index (χ1n) is 4.99. The van der Waals surface area contributed by atoms with Crippen LogP contribution in [-0.2, 0) is 11.2 Å². The van der Waals surface area contributed by atoms with E-state index < -0.39 is 0 Å². The summed E-state index contributed by atoms with van der Waals surface area (Å²) in [6, 6.07) is 7.89. The van der Waals surface area contributed by atoms with Crippen LogP contribution in [0.25, 0.3) is 0 Å². The number of thiazole rings is 1. The van der Waals surface area contributed by atoms with E-state index in [1.807, 2.05) is 36.6 Å². The molecule has 0 atom stereocenters. The lowest BCUT2D eigenvalue weighted by Crippen LogP contribution is -2.14. The van der Waals surface area contributed by atoms with Gasteiger partial charge >= 0.3 is 0 Å². The van der Waals surface area contributed by atoms with E-state index in [1.54, 1.807) is 6.20 Å². The number of carbonyl (C=O) groups excluding carboxylic acids is 1. The Morgan fingerprint density at radius 1 is 1.44 bits per heavy atom. The number of hydrogen-bond acceptors (Lipinski definition) is 3. The molecule has 0 unspecified atom stereocenters. The maximum atomic E-state index is 11.7. The summed E-state index contributed by atoms with van der Waals surface area (Å²) in [6.45, 7) is 2.01. The summed E-state index contributed by atoms with van der Waals surface area (Å²) in [6.07, 6.45) is 2.07. The van der Waals surface area contributed by atoms with Crippen LogP contribution in [0.5, 0.6) is 0 Å². The maximum Gasteiger partial charge on any atom is 0.230 e. The van der Waals surface area contributed by atoms with E-state index in [-0.39, 0.29) is 5.91 Å². The van der Waals surface area contributed by atoms with Crippen LogP contribution in [0.2, 0.25) is 0 Å². The van der Waals surface area contributed by atoms with Crippen molar-refractivity contribution in [3.05, 3.63) is 47.0 Å². The molecule has 4 heteroatoms. The van der Waals surface area contributed by atoms with E-state index in [9.17, 15) is 4.79 Å². The van der Waals surface area contributed by atoms with Crippen LogP contribution in [0.1, 0.15) is 11.1 Å². The number of amides is 1. The molecule has 82 valence electrons. The van der Waals surface area contributed by atoms with Crippen LogP contribution in [0.15, 0.2) is 35.8 Å². The molecule has 0 radical (unpaired) electrons. The van der Waals surface area contributed by atoms with Crippen molar-refractivity contribution in [2.24, 2.45) is 0 Å². The smallest absolute Gasteiger partial charge is 0.230 e. The highest BCUT2D eigenvalue weighted by atomic mass is 32.1. The van der Waals surface area contributed by atoms with Crippen LogP contribution < -0.4 is 5.32 Å². The number of aromatic nitrogens is 1. The van der Waals surface area contributed by atoms with Crippen molar-refractivity contribution in [1.82, 2.24) is 4.98 Å². The van der Waals surface area contributed by atoms with Gasteiger partial charge in [-0.3, -0.25) is 4.79 Å². The summed E-state index contributed by atoms with van der Waals surface area (Å²) in [5, 5.41) is 5.25. The molecule has 0 spiro atoms. The van der Waals surface area contributed by atoms with Gasteiger partial charge in [0, 0.05) is 11.6 Å². The first kappa shape index (κ1) is 10.8. The van der Waals surface area contributed by atoms with Crippen molar-refractivity contribution in [2.45, 2.75) is 13.3 Å². The highest BCUT2D eigenvalue weighted by molar-refractivity contribution is 7.13. The minimum Gasteiger partial charge on any atom is -0.302 e. The van der Waals surface area contributed by atoms with Gasteiger partial charge in [0.05, 0.1) is 6.42 Å². The average Bonchev–Trinajstić information content (AvgIpc) is 2.74. The Morgan fingerprint density at radius 3 is 2.94 bits per heavy atom. The first-order chi connectivity index (χ1) is 7.75. The number of hydrogen-bond donors (Lipinski definition) is 1. The Hall–Kier alpha value is -1.68. The predicted octanol–water partition coefficient (Wildman–Crippen LogP) is 2.63. The van der Waals surface area contributed by atoms with E-state index in [2.05, 4.69) is 10.3 Å². The van der Waals surface area contributed by atoms with Gasteiger partial charge in [-0.1, -0.05) is 24.3 Å². The van der Waals surface area contributed by atoms with Crippen LogP contribution in [-0.4, -0.2) is 10.9 Å². The number of carbonyl (C=O) groups is 1. The molecule has 0 aliphatic heterocycles. The molecule has 0 saturated carbocycles. The minimum atomic E-state index is -0.0238. The van der Waals surface area contributed by atoms with Gasteiger partial charge in [0.2, 0.25) is 5.91 Å². The van der Waals surface area contributed by atoms with E-state index >= 15 is 0 Å². The van der Waals surface area contributed by atoms with Crippen molar-refractivity contribution >= 4 is 22.4 Å². The Labute approximate surface area is 98.2 Å². The second-order valence-corrected chi connectivity index (χ2v) is 4.38. The van der Waals surface area contributed by atoms with Crippen molar-refractivity contribution < 1.29 is 4.79 Å². The topological polar surface area (TPSA) is 42.0 Å². The van der Waals surface area contributed by atoms with E-state index in [4.69, 9.17) is 0 Å².